The van der Waals surface area contributed by atoms with E-state index in [4.69, 9.17) is 13.8 Å². The maximum absolute atomic E-state index is 13.5. The van der Waals surface area contributed by atoms with Gasteiger partial charge in [-0.25, -0.2) is 0 Å². The molecule has 0 aromatic carbocycles. The lowest BCUT2D eigenvalue weighted by Crippen LogP contribution is -2.47. The number of amides is 1. The number of likely N-dealkylation sites (N-methyl/N-ethyl adjacent to an activating group) is 1. The molecule has 0 heterocycles. The molecule has 0 bridgehead atoms. The topological polar surface area (TPSA) is 114 Å². The summed E-state index contributed by atoms with van der Waals surface area (Å²) in [5.41, 5.74) is 0. The van der Waals surface area contributed by atoms with E-state index in [2.05, 4.69) is 26.1 Å². The molecule has 77 heavy (non-hydrogen) atoms. The molecule has 3 atom stereocenters. The van der Waals surface area contributed by atoms with Gasteiger partial charge in [0.1, 0.15) is 19.3 Å². The average molecular weight is 1110 g/mol. The third-order valence-corrected chi connectivity index (χ3v) is 16.7. The fraction of sp³-hybridized carbons (Fsp3) is 0.940. The second-order valence-electron chi connectivity index (χ2n) is 24.7. The normalized spacial score (nSPS) is 13.6. The second-order valence-corrected chi connectivity index (χ2v) is 26.1. The van der Waals surface area contributed by atoms with Crippen LogP contribution in [0.5, 0.6) is 0 Å². The SMILES string of the molecule is CCCCCCCCCCC/C=C\C(OC(=O)CCCCCCCCCCCCCCC)C(COP(=O)([O-])OCC[N+](C)(C)C)NC(=O)CCCCCCCCCCCCCCCCCCCCCCCCCCCCC. The van der Waals surface area contributed by atoms with Crippen LogP contribution in [-0.4, -0.2) is 69.4 Å². The van der Waals surface area contributed by atoms with Gasteiger partial charge in [-0.15, -0.1) is 0 Å². The number of phosphoric acid groups is 1. The summed E-state index contributed by atoms with van der Waals surface area (Å²) in [4.78, 5) is 40.0. The molecule has 3 unspecified atom stereocenters. The van der Waals surface area contributed by atoms with Crippen LogP contribution in [0.25, 0.3) is 0 Å². The first-order valence-electron chi connectivity index (χ1n) is 34.0. The van der Waals surface area contributed by atoms with E-state index in [9.17, 15) is 19.0 Å². The van der Waals surface area contributed by atoms with Gasteiger partial charge in [0.25, 0.3) is 7.82 Å². The maximum atomic E-state index is 13.5. The highest BCUT2D eigenvalue weighted by Crippen LogP contribution is 2.38. The van der Waals surface area contributed by atoms with Crippen molar-refractivity contribution in [1.29, 1.82) is 0 Å². The van der Waals surface area contributed by atoms with Crippen molar-refractivity contribution in [3.63, 3.8) is 0 Å². The molecule has 0 saturated heterocycles. The molecule has 0 radical (unpaired) electrons. The first-order valence-corrected chi connectivity index (χ1v) is 35.5. The zero-order valence-electron chi connectivity index (χ0n) is 52.5. The molecule has 0 spiro atoms. The van der Waals surface area contributed by atoms with Crippen LogP contribution in [0.2, 0.25) is 0 Å². The Bertz CT molecular complexity index is 1320. The minimum atomic E-state index is -4.69. The molecule has 0 aliphatic carbocycles. The van der Waals surface area contributed by atoms with Gasteiger partial charge in [0.2, 0.25) is 5.91 Å². The van der Waals surface area contributed by atoms with Crippen LogP contribution < -0.4 is 10.2 Å². The van der Waals surface area contributed by atoms with E-state index in [1.54, 1.807) is 0 Å². The molecule has 458 valence electrons. The van der Waals surface area contributed by atoms with Gasteiger partial charge in [-0.1, -0.05) is 322 Å². The number of nitrogens with one attached hydrogen (secondary N) is 1. The van der Waals surface area contributed by atoms with E-state index >= 15 is 0 Å². The Kier molecular flexibility index (Phi) is 57.0. The lowest BCUT2D eigenvalue weighted by atomic mass is 10.0. The molecular formula is C67H133N2O7P. The zero-order chi connectivity index (χ0) is 56.4. The number of carbonyl (C=O) groups excluding carboxylic acids is 2. The molecule has 0 saturated carbocycles. The Morgan fingerprint density at radius 2 is 0.740 bits per heavy atom. The van der Waals surface area contributed by atoms with Gasteiger partial charge in [0.15, 0.2) is 0 Å². The molecule has 10 heteroatoms. The number of allylic oxidation sites excluding steroid dienone is 1. The van der Waals surface area contributed by atoms with Crippen molar-refractivity contribution < 1.29 is 37.3 Å². The summed E-state index contributed by atoms with van der Waals surface area (Å²) in [5.74, 6) is -0.519. The fourth-order valence-electron chi connectivity index (χ4n) is 10.5. The number of hydrogen-bond donors (Lipinski definition) is 1. The second kappa shape index (κ2) is 58.0. The van der Waals surface area contributed by atoms with Gasteiger partial charge in [-0.3, -0.25) is 14.2 Å². The highest BCUT2D eigenvalue weighted by atomic mass is 31.2. The largest absolute Gasteiger partial charge is 0.756 e. The van der Waals surface area contributed by atoms with Crippen LogP contribution in [0.4, 0.5) is 0 Å². The Balaban J connectivity index is 4.90. The highest BCUT2D eigenvalue weighted by molar-refractivity contribution is 7.45. The summed E-state index contributed by atoms with van der Waals surface area (Å²) >= 11 is 0. The summed E-state index contributed by atoms with van der Waals surface area (Å²) in [6, 6.07) is -0.879. The van der Waals surface area contributed by atoms with Crippen molar-refractivity contribution in [2.24, 2.45) is 0 Å². The lowest BCUT2D eigenvalue weighted by Gasteiger charge is -2.30. The number of hydrogen-bond acceptors (Lipinski definition) is 7. The molecule has 0 aromatic rings. The van der Waals surface area contributed by atoms with Crippen LogP contribution in [0.1, 0.15) is 355 Å². The molecule has 1 N–H and O–H groups in total. The van der Waals surface area contributed by atoms with Gasteiger partial charge in [0, 0.05) is 12.8 Å². The van der Waals surface area contributed by atoms with Gasteiger partial charge in [-0.05, 0) is 31.8 Å². The van der Waals surface area contributed by atoms with Crippen LogP contribution in [-0.2, 0) is 27.9 Å². The van der Waals surface area contributed by atoms with Crippen LogP contribution in [0, 0.1) is 0 Å². The molecule has 1 amide bonds. The Morgan fingerprint density at radius 3 is 1.06 bits per heavy atom. The molecular weight excluding hydrogens is 976 g/mol. The first-order chi connectivity index (χ1) is 37.4. The zero-order valence-corrected chi connectivity index (χ0v) is 53.3. The molecule has 0 rings (SSSR count). The smallest absolute Gasteiger partial charge is 0.306 e. The van der Waals surface area contributed by atoms with Crippen LogP contribution >= 0.6 is 7.82 Å². The number of nitrogens with zero attached hydrogens (tertiary/aromatic N) is 1. The third-order valence-electron chi connectivity index (χ3n) is 15.7. The van der Waals surface area contributed by atoms with E-state index in [0.717, 1.165) is 57.8 Å². The maximum Gasteiger partial charge on any atom is 0.306 e. The highest BCUT2D eigenvalue weighted by Gasteiger charge is 2.27. The third kappa shape index (κ3) is 59.2. The van der Waals surface area contributed by atoms with Crippen molar-refractivity contribution in [1.82, 2.24) is 5.32 Å². The summed E-state index contributed by atoms with van der Waals surface area (Å²) < 4.78 is 30.3. The van der Waals surface area contributed by atoms with Crippen molar-refractivity contribution in [3.05, 3.63) is 12.2 Å². The van der Waals surface area contributed by atoms with Gasteiger partial charge in [0.05, 0.1) is 33.8 Å². The number of phosphoric ester groups is 1. The number of rotatable bonds is 63. The quantitative estimate of drug-likeness (QED) is 0.0212. The number of unbranched alkanes of at least 4 members (excludes halogenated alkanes) is 47. The first kappa shape index (κ1) is 75.8. The van der Waals surface area contributed by atoms with Gasteiger partial charge >= 0.3 is 5.97 Å². The number of quaternary nitrogens is 1. The summed E-state index contributed by atoms with van der Waals surface area (Å²) in [6.45, 7) is 6.90. The minimum absolute atomic E-state index is 0.0167. The van der Waals surface area contributed by atoms with Gasteiger partial charge in [-0.2, -0.15) is 0 Å². The van der Waals surface area contributed by atoms with Crippen molar-refractivity contribution >= 4 is 19.7 Å². The van der Waals surface area contributed by atoms with Crippen molar-refractivity contribution in [2.75, 3.05) is 40.9 Å². The van der Waals surface area contributed by atoms with Crippen molar-refractivity contribution in [3.8, 4) is 0 Å². The summed E-state index contributed by atoms with van der Waals surface area (Å²) in [5, 5.41) is 3.04. The summed E-state index contributed by atoms with van der Waals surface area (Å²) in [7, 11) is 1.21. The van der Waals surface area contributed by atoms with E-state index in [0.29, 0.717) is 17.4 Å². The van der Waals surface area contributed by atoms with E-state index in [1.165, 1.54) is 263 Å². The fourth-order valence-corrected chi connectivity index (χ4v) is 11.2. The molecule has 0 fully saturated rings. The Morgan fingerprint density at radius 1 is 0.442 bits per heavy atom. The Labute approximate surface area is 480 Å². The monoisotopic (exact) mass is 1110 g/mol. The molecule has 0 aliphatic heterocycles. The van der Waals surface area contributed by atoms with Crippen molar-refractivity contribution in [2.45, 2.75) is 367 Å². The standard InChI is InChI=1S/C67H133N2O7P/c1-7-10-13-16-19-22-25-27-28-29-30-31-32-33-34-35-36-37-38-39-40-42-44-47-50-53-56-59-66(70)68-64(63-75-77(72,73)74-62-61-69(4,5)6)65(58-55-52-49-46-43-24-21-18-15-12-9-3)76-67(71)60-57-54-51-48-45-41-26-23-20-17-14-11-8-2/h55,58,64-65H,7-54,56-57,59-63H2,1-6H3,(H-,68,70,72,73)/b58-55-. The van der Waals surface area contributed by atoms with E-state index in [-0.39, 0.29) is 31.5 Å². The average Bonchev–Trinajstić information content (AvgIpc) is 3.39. The van der Waals surface area contributed by atoms with E-state index in [1.807, 2.05) is 33.3 Å². The van der Waals surface area contributed by atoms with Crippen LogP contribution in [0.3, 0.4) is 0 Å². The predicted molar refractivity (Wildman–Crippen MR) is 330 cm³/mol. The van der Waals surface area contributed by atoms with E-state index < -0.39 is 20.0 Å². The number of esters is 1. The lowest BCUT2D eigenvalue weighted by molar-refractivity contribution is -0.870. The minimum Gasteiger partial charge on any atom is -0.756 e. The Hall–Kier alpha value is -1.25. The molecule has 0 aromatic heterocycles. The number of ether oxygens (including phenoxy) is 1. The predicted octanol–water partition coefficient (Wildman–Crippen LogP) is 20.5. The number of carbonyl (C=O) groups is 2. The van der Waals surface area contributed by atoms with Gasteiger partial charge < -0.3 is 28.5 Å². The summed E-state index contributed by atoms with van der Waals surface area (Å²) in [6.07, 6.45) is 67.7. The molecule has 0 aliphatic rings. The van der Waals surface area contributed by atoms with Crippen LogP contribution in [0.15, 0.2) is 12.2 Å². The molecule has 9 nitrogen and oxygen atoms in total.